The molecule has 0 aliphatic heterocycles. The van der Waals surface area contributed by atoms with Crippen molar-refractivity contribution in [3.05, 3.63) is 52.7 Å². The van der Waals surface area contributed by atoms with Gasteiger partial charge in [0, 0.05) is 0 Å². The van der Waals surface area contributed by atoms with E-state index < -0.39 is 0 Å². The van der Waals surface area contributed by atoms with Gasteiger partial charge >= 0.3 is 0 Å². The van der Waals surface area contributed by atoms with Gasteiger partial charge in [-0.05, 0) is 37.0 Å². The molecule has 15 heavy (non-hydrogen) atoms. The summed E-state index contributed by atoms with van der Waals surface area (Å²) in [6, 6.07) is 10.5. The molecule has 0 radical (unpaired) electrons. The Morgan fingerprint density at radius 2 is 1.93 bits per heavy atom. The third kappa shape index (κ3) is 3.06. The molecule has 2 nitrogen and oxygen atoms in total. The Hall–Kier alpha value is -1.35. The SMILES string of the molecule is S=c1[nH]c(CCCc2ccccc2)co1. The molecule has 0 aliphatic rings. The number of benzene rings is 1. The van der Waals surface area contributed by atoms with E-state index in [4.69, 9.17) is 16.6 Å². The fourth-order valence-corrected chi connectivity index (χ4v) is 1.74. The first-order valence-electron chi connectivity index (χ1n) is 5.05. The van der Waals surface area contributed by atoms with Gasteiger partial charge in [-0.3, -0.25) is 0 Å². The van der Waals surface area contributed by atoms with E-state index in [-0.39, 0.29) is 0 Å². The molecule has 1 heterocycles. The number of H-pyrrole nitrogens is 1. The molecule has 0 aliphatic carbocycles. The third-order valence-corrected chi connectivity index (χ3v) is 2.52. The van der Waals surface area contributed by atoms with Crippen molar-refractivity contribution in [1.82, 2.24) is 4.98 Å². The largest absolute Gasteiger partial charge is 0.438 e. The number of hydrogen-bond acceptors (Lipinski definition) is 2. The van der Waals surface area contributed by atoms with Crippen LogP contribution >= 0.6 is 12.2 Å². The van der Waals surface area contributed by atoms with Crippen LogP contribution < -0.4 is 0 Å². The molecule has 1 N–H and O–H groups in total. The van der Waals surface area contributed by atoms with Crippen molar-refractivity contribution in [2.24, 2.45) is 0 Å². The Bertz CT molecular complexity index is 458. The molecule has 3 heteroatoms. The number of hydrogen-bond donors (Lipinski definition) is 1. The zero-order valence-electron chi connectivity index (χ0n) is 8.40. The molecule has 0 amide bonds. The molecule has 0 fully saturated rings. The molecule has 78 valence electrons. The maximum atomic E-state index is 5.03. The highest BCUT2D eigenvalue weighted by molar-refractivity contribution is 7.71. The van der Waals surface area contributed by atoms with E-state index in [0.717, 1.165) is 25.0 Å². The number of aryl methyl sites for hydroxylation is 2. The second-order valence-electron chi connectivity index (χ2n) is 3.51. The van der Waals surface area contributed by atoms with Gasteiger partial charge in [-0.1, -0.05) is 30.3 Å². The Morgan fingerprint density at radius 3 is 2.60 bits per heavy atom. The average Bonchev–Trinajstić information content (AvgIpc) is 2.66. The molecule has 0 bridgehead atoms. The fraction of sp³-hybridized carbons (Fsp3) is 0.250. The summed E-state index contributed by atoms with van der Waals surface area (Å²) in [5, 5.41) is 0. The molecule has 0 spiro atoms. The molecule has 2 rings (SSSR count). The van der Waals surface area contributed by atoms with E-state index in [2.05, 4.69) is 29.2 Å². The number of rotatable bonds is 4. The van der Waals surface area contributed by atoms with Crippen LogP contribution in [-0.2, 0) is 12.8 Å². The maximum absolute atomic E-state index is 5.03. The van der Waals surface area contributed by atoms with Crippen LogP contribution in [0.3, 0.4) is 0 Å². The average molecular weight is 219 g/mol. The summed E-state index contributed by atoms with van der Waals surface area (Å²) >= 11 is 4.85. The van der Waals surface area contributed by atoms with Crippen LogP contribution in [0.25, 0.3) is 0 Å². The third-order valence-electron chi connectivity index (χ3n) is 2.33. The standard InChI is InChI=1S/C12H13NOS/c15-12-13-11(9-14-12)8-4-7-10-5-2-1-3-6-10/h1-3,5-6,9H,4,7-8H2,(H,13,15). The van der Waals surface area contributed by atoms with Crippen LogP contribution in [-0.4, -0.2) is 4.98 Å². The molecule has 2 aromatic rings. The molecule has 1 aromatic heterocycles. The van der Waals surface area contributed by atoms with Crippen LogP contribution in [0.4, 0.5) is 0 Å². The first-order chi connectivity index (χ1) is 7.34. The first kappa shape index (κ1) is 10.2. The molecule has 0 atom stereocenters. The highest BCUT2D eigenvalue weighted by Crippen LogP contribution is 2.06. The van der Waals surface area contributed by atoms with Crippen LogP contribution in [0.15, 0.2) is 41.0 Å². The predicted octanol–water partition coefficient (Wildman–Crippen LogP) is 3.51. The van der Waals surface area contributed by atoms with Crippen molar-refractivity contribution in [1.29, 1.82) is 0 Å². The molecule has 0 saturated carbocycles. The predicted molar refractivity (Wildman–Crippen MR) is 62.4 cm³/mol. The lowest BCUT2D eigenvalue weighted by Gasteiger charge is -1.98. The van der Waals surface area contributed by atoms with Gasteiger partial charge in [0.25, 0.3) is 4.84 Å². The Balaban J connectivity index is 1.83. The van der Waals surface area contributed by atoms with E-state index in [1.54, 1.807) is 6.26 Å². The summed E-state index contributed by atoms with van der Waals surface area (Å²) in [6.45, 7) is 0. The van der Waals surface area contributed by atoms with E-state index in [0.29, 0.717) is 4.84 Å². The summed E-state index contributed by atoms with van der Waals surface area (Å²) in [5.74, 6) is 0. The maximum Gasteiger partial charge on any atom is 0.266 e. The Labute approximate surface area is 94.0 Å². The van der Waals surface area contributed by atoms with E-state index in [1.807, 2.05) is 6.07 Å². The van der Waals surface area contributed by atoms with Crippen molar-refractivity contribution in [2.45, 2.75) is 19.3 Å². The van der Waals surface area contributed by atoms with Gasteiger partial charge in [0.05, 0.1) is 5.69 Å². The lowest BCUT2D eigenvalue weighted by Crippen LogP contribution is -1.89. The van der Waals surface area contributed by atoms with Gasteiger partial charge < -0.3 is 9.40 Å². The van der Waals surface area contributed by atoms with Crippen molar-refractivity contribution >= 4 is 12.2 Å². The summed E-state index contributed by atoms with van der Waals surface area (Å²) < 4.78 is 5.03. The minimum atomic E-state index is 0.463. The first-order valence-corrected chi connectivity index (χ1v) is 5.46. The number of oxazole rings is 1. The van der Waals surface area contributed by atoms with E-state index >= 15 is 0 Å². The molecule has 1 aromatic carbocycles. The quantitative estimate of drug-likeness (QED) is 0.797. The summed E-state index contributed by atoms with van der Waals surface area (Å²) in [4.78, 5) is 3.47. The van der Waals surface area contributed by atoms with Crippen LogP contribution in [0.1, 0.15) is 17.7 Å². The van der Waals surface area contributed by atoms with E-state index in [1.165, 1.54) is 5.56 Å². The van der Waals surface area contributed by atoms with E-state index in [9.17, 15) is 0 Å². The minimum absolute atomic E-state index is 0.463. The van der Waals surface area contributed by atoms with Crippen molar-refractivity contribution < 1.29 is 4.42 Å². The second kappa shape index (κ2) is 4.94. The van der Waals surface area contributed by atoms with Gasteiger partial charge in [0.1, 0.15) is 6.26 Å². The van der Waals surface area contributed by atoms with Crippen molar-refractivity contribution in [3.8, 4) is 0 Å². The zero-order valence-corrected chi connectivity index (χ0v) is 9.22. The number of nitrogens with one attached hydrogen (secondary N) is 1. The molecule has 0 saturated heterocycles. The molecule has 0 unspecified atom stereocenters. The van der Waals surface area contributed by atoms with Crippen molar-refractivity contribution in [3.63, 3.8) is 0 Å². The van der Waals surface area contributed by atoms with Gasteiger partial charge in [-0.15, -0.1) is 0 Å². The lowest BCUT2D eigenvalue weighted by molar-refractivity contribution is 0.539. The minimum Gasteiger partial charge on any atom is -0.438 e. The normalized spacial score (nSPS) is 10.4. The van der Waals surface area contributed by atoms with Crippen LogP contribution in [0, 0.1) is 4.84 Å². The topological polar surface area (TPSA) is 28.9 Å². The van der Waals surface area contributed by atoms with Gasteiger partial charge in [0.2, 0.25) is 0 Å². The molecular formula is C12H13NOS. The van der Waals surface area contributed by atoms with Gasteiger partial charge in [0.15, 0.2) is 0 Å². The van der Waals surface area contributed by atoms with Gasteiger partial charge in [-0.25, -0.2) is 0 Å². The van der Waals surface area contributed by atoms with Gasteiger partial charge in [-0.2, -0.15) is 0 Å². The smallest absolute Gasteiger partial charge is 0.266 e. The Kier molecular flexibility index (Phi) is 3.35. The fourth-order valence-electron chi connectivity index (χ4n) is 1.56. The lowest BCUT2D eigenvalue weighted by atomic mass is 10.1. The molecular weight excluding hydrogens is 206 g/mol. The second-order valence-corrected chi connectivity index (χ2v) is 3.88. The monoisotopic (exact) mass is 219 g/mol. The highest BCUT2D eigenvalue weighted by atomic mass is 32.1. The summed E-state index contributed by atoms with van der Waals surface area (Å²) in [6.07, 6.45) is 4.88. The summed E-state index contributed by atoms with van der Waals surface area (Å²) in [7, 11) is 0. The summed E-state index contributed by atoms with van der Waals surface area (Å²) in [5.41, 5.74) is 2.45. The van der Waals surface area contributed by atoms with Crippen LogP contribution in [0.5, 0.6) is 0 Å². The van der Waals surface area contributed by atoms with Crippen molar-refractivity contribution in [2.75, 3.05) is 0 Å². The number of aromatic nitrogens is 1. The zero-order chi connectivity index (χ0) is 10.5. The van der Waals surface area contributed by atoms with Crippen LogP contribution in [0.2, 0.25) is 0 Å². The Morgan fingerprint density at radius 1 is 1.13 bits per heavy atom. The number of aromatic amines is 1. The highest BCUT2D eigenvalue weighted by Gasteiger charge is 1.97.